The van der Waals surface area contributed by atoms with Crippen molar-refractivity contribution in [1.82, 2.24) is 14.8 Å². The second-order valence-electron chi connectivity index (χ2n) is 8.15. The van der Waals surface area contributed by atoms with E-state index in [1.807, 2.05) is 41.4 Å². The third kappa shape index (κ3) is 4.67. The highest BCUT2D eigenvalue weighted by atomic mass is 15.5. The minimum atomic E-state index is 0.794. The summed E-state index contributed by atoms with van der Waals surface area (Å²) in [6, 6.07) is 18.7. The molecule has 5 nitrogen and oxygen atoms in total. The van der Waals surface area contributed by atoms with Crippen LogP contribution in [0.25, 0.3) is 0 Å². The highest BCUT2D eigenvalue weighted by Crippen LogP contribution is 2.20. The van der Waals surface area contributed by atoms with Crippen LogP contribution < -0.4 is 0 Å². The van der Waals surface area contributed by atoms with Gasteiger partial charge in [0.2, 0.25) is 0 Å². The number of allylic oxidation sites excluding steroid dienone is 2. The Morgan fingerprint density at radius 1 is 0.969 bits per heavy atom. The number of hydrogen-bond acceptors (Lipinski definition) is 4. The molecule has 2 heterocycles. The van der Waals surface area contributed by atoms with Crippen LogP contribution in [-0.4, -0.2) is 59.7 Å². The molecule has 0 aromatic heterocycles. The minimum absolute atomic E-state index is 0.794. The van der Waals surface area contributed by atoms with Gasteiger partial charge >= 0.3 is 0 Å². The minimum Gasteiger partial charge on any atom is -0.371 e. The van der Waals surface area contributed by atoms with Gasteiger partial charge in [-0.2, -0.15) is 0 Å². The smallest absolute Gasteiger partial charge is 0.156 e. The van der Waals surface area contributed by atoms with Crippen LogP contribution >= 0.6 is 0 Å². The van der Waals surface area contributed by atoms with E-state index >= 15 is 0 Å². The molecule has 0 N–H and O–H groups in total. The number of nitrogens with zero attached hydrogens (tertiary/aromatic N) is 5. The molecule has 5 heteroatoms. The summed E-state index contributed by atoms with van der Waals surface area (Å²) in [7, 11) is 1.79. The molecule has 0 spiro atoms. The molecule has 0 atom stereocenters. The largest absolute Gasteiger partial charge is 0.371 e. The van der Waals surface area contributed by atoms with E-state index in [9.17, 15) is 0 Å². The molecule has 2 aromatic carbocycles. The van der Waals surface area contributed by atoms with Crippen LogP contribution in [0, 0.1) is 6.92 Å². The highest BCUT2D eigenvalue weighted by molar-refractivity contribution is 6.03. The second-order valence-corrected chi connectivity index (χ2v) is 8.15. The third-order valence-corrected chi connectivity index (χ3v) is 6.05. The fraction of sp³-hybridized carbons (Fsp3) is 0.259. The number of piperazine rings is 1. The Morgan fingerprint density at radius 3 is 2.34 bits per heavy atom. The van der Waals surface area contributed by atoms with Gasteiger partial charge in [0.05, 0.1) is 5.70 Å². The van der Waals surface area contributed by atoms with Gasteiger partial charge in [0.15, 0.2) is 5.84 Å². The van der Waals surface area contributed by atoms with E-state index in [0.29, 0.717) is 0 Å². The second kappa shape index (κ2) is 9.69. The summed E-state index contributed by atoms with van der Waals surface area (Å²) in [5.41, 5.74) is 5.68. The van der Waals surface area contributed by atoms with E-state index in [-0.39, 0.29) is 0 Å². The van der Waals surface area contributed by atoms with Gasteiger partial charge in [0.25, 0.3) is 0 Å². The molecule has 0 radical (unpaired) electrons. The lowest BCUT2D eigenvalue weighted by molar-refractivity contribution is 0.218. The molecule has 0 amide bonds. The molecule has 0 bridgehead atoms. The Hall–Kier alpha value is -3.60. The van der Waals surface area contributed by atoms with Crippen molar-refractivity contribution >= 4 is 11.7 Å². The van der Waals surface area contributed by atoms with Crippen molar-refractivity contribution in [2.75, 3.05) is 33.2 Å². The van der Waals surface area contributed by atoms with Gasteiger partial charge in [-0.05, 0) is 30.2 Å². The molecule has 32 heavy (non-hydrogen) atoms. The zero-order chi connectivity index (χ0) is 22.5. The number of hydrogen-bond donors (Lipinski definition) is 0. The molecule has 0 aliphatic carbocycles. The molecular formula is C27H31N5. The zero-order valence-corrected chi connectivity index (χ0v) is 19.0. The van der Waals surface area contributed by atoms with Crippen molar-refractivity contribution in [2.45, 2.75) is 13.3 Å². The van der Waals surface area contributed by atoms with E-state index in [1.54, 1.807) is 7.05 Å². The van der Waals surface area contributed by atoms with Gasteiger partial charge in [-0.15, -0.1) is 5.10 Å². The summed E-state index contributed by atoms with van der Waals surface area (Å²) >= 11 is 0. The summed E-state index contributed by atoms with van der Waals surface area (Å²) in [6.07, 6.45) is 4.96. The van der Waals surface area contributed by atoms with Gasteiger partial charge < -0.3 is 9.80 Å². The van der Waals surface area contributed by atoms with E-state index in [2.05, 4.69) is 65.2 Å². The van der Waals surface area contributed by atoms with Gasteiger partial charge in [-0.3, -0.25) is 4.99 Å². The van der Waals surface area contributed by atoms with Crippen LogP contribution in [0.2, 0.25) is 0 Å². The lowest BCUT2D eigenvalue weighted by Crippen LogP contribution is -2.49. The number of aliphatic imine (C=N–C) groups is 1. The summed E-state index contributed by atoms with van der Waals surface area (Å²) in [4.78, 5) is 9.22. The maximum Gasteiger partial charge on any atom is 0.156 e. The number of benzene rings is 2. The fourth-order valence-corrected chi connectivity index (χ4v) is 4.12. The first kappa shape index (κ1) is 21.6. The Balaban J connectivity index is 1.42. The summed E-state index contributed by atoms with van der Waals surface area (Å²) in [6.45, 7) is 14.4. The van der Waals surface area contributed by atoms with E-state index in [4.69, 9.17) is 5.10 Å². The zero-order valence-electron chi connectivity index (χ0n) is 19.0. The molecule has 2 aliphatic heterocycles. The SMILES string of the molecule is C=C(Cc1ccccc1C)N1CCN(C2=NN(/C(=N\C)c3ccccc3)C(=C)C=C2)CC1. The molecule has 2 aromatic rings. The molecule has 0 unspecified atom stereocenters. The first-order valence-corrected chi connectivity index (χ1v) is 11.1. The lowest BCUT2D eigenvalue weighted by atomic mass is 10.0. The predicted molar refractivity (Wildman–Crippen MR) is 134 cm³/mol. The topological polar surface area (TPSA) is 34.4 Å². The Labute approximate surface area is 191 Å². The fourth-order valence-electron chi connectivity index (χ4n) is 4.12. The van der Waals surface area contributed by atoms with Crippen molar-refractivity contribution in [3.05, 3.63) is 108 Å². The van der Waals surface area contributed by atoms with Crippen molar-refractivity contribution in [2.24, 2.45) is 10.1 Å². The predicted octanol–water partition coefficient (Wildman–Crippen LogP) is 4.44. The molecule has 0 saturated carbocycles. The first-order valence-electron chi connectivity index (χ1n) is 11.1. The van der Waals surface area contributed by atoms with Crippen LogP contribution in [0.1, 0.15) is 16.7 Å². The maximum atomic E-state index is 4.90. The summed E-state index contributed by atoms with van der Waals surface area (Å²) in [5, 5.41) is 6.74. The normalized spacial score (nSPS) is 16.9. The molecule has 1 saturated heterocycles. The average molecular weight is 426 g/mol. The van der Waals surface area contributed by atoms with Crippen molar-refractivity contribution in [1.29, 1.82) is 0 Å². The Morgan fingerprint density at radius 2 is 1.66 bits per heavy atom. The maximum absolute atomic E-state index is 4.90. The summed E-state index contributed by atoms with van der Waals surface area (Å²) in [5.74, 6) is 1.74. The van der Waals surface area contributed by atoms with Gasteiger partial charge in [-0.25, -0.2) is 5.01 Å². The Kier molecular flexibility index (Phi) is 6.55. The quantitative estimate of drug-likeness (QED) is 0.536. The highest BCUT2D eigenvalue weighted by Gasteiger charge is 2.24. The average Bonchev–Trinajstić information content (AvgIpc) is 2.83. The number of aryl methyl sites for hydroxylation is 1. The van der Waals surface area contributed by atoms with Gasteiger partial charge in [0.1, 0.15) is 5.84 Å². The Bertz CT molecular complexity index is 1070. The van der Waals surface area contributed by atoms with Crippen LogP contribution in [-0.2, 0) is 6.42 Å². The first-order chi connectivity index (χ1) is 15.6. The van der Waals surface area contributed by atoms with E-state index in [1.165, 1.54) is 16.8 Å². The summed E-state index contributed by atoms with van der Waals surface area (Å²) < 4.78 is 0. The van der Waals surface area contributed by atoms with Crippen molar-refractivity contribution in [3.8, 4) is 0 Å². The van der Waals surface area contributed by atoms with Crippen LogP contribution in [0.15, 0.2) is 101 Å². The van der Waals surface area contributed by atoms with Crippen molar-refractivity contribution < 1.29 is 0 Å². The molecular weight excluding hydrogens is 394 g/mol. The lowest BCUT2D eigenvalue weighted by Gasteiger charge is -2.39. The monoisotopic (exact) mass is 425 g/mol. The third-order valence-electron chi connectivity index (χ3n) is 6.05. The standard InChI is InChI=1S/C27H31N5/c1-21-10-8-9-13-25(21)20-23(3)30-16-18-31(19-17-30)26-15-14-22(2)32(29-26)27(28-4)24-11-6-5-7-12-24/h5-15H,2-3,16-20H2,1,4H3/b28-27-. The van der Waals surface area contributed by atoms with E-state index < -0.39 is 0 Å². The number of hydrazone groups is 1. The van der Waals surface area contributed by atoms with Crippen LogP contribution in [0.3, 0.4) is 0 Å². The number of rotatable bonds is 4. The number of amidine groups is 2. The molecule has 164 valence electrons. The van der Waals surface area contributed by atoms with Crippen LogP contribution in [0.5, 0.6) is 0 Å². The van der Waals surface area contributed by atoms with Crippen LogP contribution in [0.4, 0.5) is 0 Å². The van der Waals surface area contributed by atoms with Crippen molar-refractivity contribution in [3.63, 3.8) is 0 Å². The molecule has 1 fully saturated rings. The molecule has 4 rings (SSSR count). The van der Waals surface area contributed by atoms with E-state index in [0.717, 1.165) is 55.5 Å². The molecule has 2 aliphatic rings. The van der Waals surface area contributed by atoms with Gasteiger partial charge in [-0.1, -0.05) is 67.8 Å². The van der Waals surface area contributed by atoms with Gasteiger partial charge in [0, 0.05) is 50.9 Å².